The molecule has 0 unspecified atom stereocenters. The van der Waals surface area contributed by atoms with E-state index < -0.39 is 0 Å². The van der Waals surface area contributed by atoms with Crippen LogP contribution >= 0.6 is 0 Å². The predicted octanol–water partition coefficient (Wildman–Crippen LogP) is 2.38. The maximum atomic E-state index is 13.0. The lowest BCUT2D eigenvalue weighted by Crippen LogP contribution is -2.48. The number of hydrogen-bond donors (Lipinski definition) is 1. The first-order valence-corrected chi connectivity index (χ1v) is 8.28. The van der Waals surface area contributed by atoms with E-state index >= 15 is 0 Å². The molecular formula is C19H22FN3O. The van der Waals surface area contributed by atoms with Crippen LogP contribution < -0.4 is 10.2 Å². The largest absolute Gasteiger partial charge is 0.369 e. The molecule has 1 heterocycles. The first kappa shape index (κ1) is 16.5. The Morgan fingerprint density at radius 3 is 2.29 bits per heavy atom. The number of halogens is 1. The molecule has 1 fully saturated rings. The van der Waals surface area contributed by atoms with E-state index in [1.807, 2.05) is 42.5 Å². The highest BCUT2D eigenvalue weighted by Crippen LogP contribution is 2.16. The lowest BCUT2D eigenvalue weighted by Gasteiger charge is -2.36. The van der Waals surface area contributed by atoms with Gasteiger partial charge < -0.3 is 10.2 Å². The van der Waals surface area contributed by atoms with Crippen LogP contribution in [0.15, 0.2) is 54.6 Å². The Bertz CT molecular complexity index is 652. The highest BCUT2D eigenvalue weighted by atomic mass is 19.1. The fraction of sp³-hybridized carbons (Fsp3) is 0.316. The monoisotopic (exact) mass is 327 g/mol. The van der Waals surface area contributed by atoms with Gasteiger partial charge in [-0.2, -0.15) is 0 Å². The van der Waals surface area contributed by atoms with Crippen molar-refractivity contribution in [1.82, 2.24) is 10.2 Å². The number of anilines is 1. The molecule has 0 radical (unpaired) electrons. The van der Waals surface area contributed by atoms with Gasteiger partial charge in [-0.25, -0.2) is 4.39 Å². The number of benzene rings is 2. The van der Waals surface area contributed by atoms with E-state index in [1.165, 1.54) is 12.1 Å². The molecule has 1 aliphatic rings. The number of nitrogens with one attached hydrogen (secondary N) is 1. The Morgan fingerprint density at radius 2 is 1.62 bits per heavy atom. The number of piperazine rings is 1. The molecular weight excluding hydrogens is 305 g/mol. The molecule has 1 N–H and O–H groups in total. The minimum atomic E-state index is -0.202. The van der Waals surface area contributed by atoms with Gasteiger partial charge in [0.05, 0.1) is 0 Å². The lowest BCUT2D eigenvalue weighted by molar-refractivity contribution is 0.0948. The highest BCUT2D eigenvalue weighted by molar-refractivity contribution is 5.94. The Hall–Kier alpha value is -2.40. The lowest BCUT2D eigenvalue weighted by atomic mass is 10.2. The van der Waals surface area contributed by atoms with Gasteiger partial charge in [-0.05, 0) is 36.4 Å². The highest BCUT2D eigenvalue weighted by Gasteiger charge is 2.17. The summed E-state index contributed by atoms with van der Waals surface area (Å²) in [5.41, 5.74) is 1.76. The minimum Gasteiger partial charge on any atom is -0.369 e. The van der Waals surface area contributed by atoms with Crippen LogP contribution in [-0.4, -0.2) is 50.1 Å². The molecule has 0 atom stereocenters. The molecule has 126 valence electrons. The molecule has 1 aliphatic heterocycles. The molecule has 24 heavy (non-hydrogen) atoms. The van der Waals surface area contributed by atoms with Crippen molar-refractivity contribution in [1.29, 1.82) is 0 Å². The topological polar surface area (TPSA) is 35.6 Å². The maximum absolute atomic E-state index is 13.0. The SMILES string of the molecule is O=C(NCCN1CCN(c2ccc(F)cc2)CC1)c1ccccc1. The second kappa shape index (κ2) is 7.93. The summed E-state index contributed by atoms with van der Waals surface area (Å²) in [6.07, 6.45) is 0. The van der Waals surface area contributed by atoms with Crippen LogP contribution in [0.1, 0.15) is 10.4 Å². The van der Waals surface area contributed by atoms with E-state index in [9.17, 15) is 9.18 Å². The molecule has 4 nitrogen and oxygen atoms in total. The molecule has 0 spiro atoms. The van der Waals surface area contributed by atoms with Crippen LogP contribution in [0, 0.1) is 5.82 Å². The molecule has 0 aromatic heterocycles. The van der Waals surface area contributed by atoms with E-state index in [-0.39, 0.29) is 11.7 Å². The summed E-state index contributed by atoms with van der Waals surface area (Å²) in [6, 6.07) is 15.9. The molecule has 0 bridgehead atoms. The van der Waals surface area contributed by atoms with Gasteiger partial charge in [0.15, 0.2) is 0 Å². The number of rotatable bonds is 5. The smallest absolute Gasteiger partial charge is 0.251 e. The molecule has 2 aromatic rings. The quantitative estimate of drug-likeness (QED) is 0.916. The molecule has 3 rings (SSSR count). The molecule has 5 heteroatoms. The van der Waals surface area contributed by atoms with Crippen molar-refractivity contribution < 1.29 is 9.18 Å². The molecule has 2 aromatic carbocycles. The number of nitrogens with zero attached hydrogens (tertiary/aromatic N) is 2. The zero-order chi connectivity index (χ0) is 16.8. The molecule has 0 saturated carbocycles. The molecule has 1 saturated heterocycles. The first-order valence-electron chi connectivity index (χ1n) is 8.28. The molecule has 1 amide bonds. The normalized spacial score (nSPS) is 15.3. The van der Waals surface area contributed by atoms with Gasteiger partial charge >= 0.3 is 0 Å². The van der Waals surface area contributed by atoms with E-state index in [4.69, 9.17) is 0 Å². The third kappa shape index (κ3) is 4.32. The second-order valence-corrected chi connectivity index (χ2v) is 5.93. The maximum Gasteiger partial charge on any atom is 0.251 e. The van der Waals surface area contributed by atoms with Crippen LogP contribution in [0.3, 0.4) is 0 Å². The third-order valence-electron chi connectivity index (χ3n) is 4.31. The van der Waals surface area contributed by atoms with Gasteiger partial charge in [-0.15, -0.1) is 0 Å². The fourth-order valence-corrected chi connectivity index (χ4v) is 2.90. The summed E-state index contributed by atoms with van der Waals surface area (Å²) >= 11 is 0. The van der Waals surface area contributed by atoms with Crippen molar-refractivity contribution in [2.45, 2.75) is 0 Å². The summed E-state index contributed by atoms with van der Waals surface area (Å²) in [5.74, 6) is -0.230. The Morgan fingerprint density at radius 1 is 0.958 bits per heavy atom. The van der Waals surface area contributed by atoms with Gasteiger partial charge in [0.1, 0.15) is 5.82 Å². The third-order valence-corrected chi connectivity index (χ3v) is 4.31. The zero-order valence-electron chi connectivity index (χ0n) is 13.6. The zero-order valence-corrected chi connectivity index (χ0v) is 13.6. The van der Waals surface area contributed by atoms with Gasteiger partial charge in [-0.1, -0.05) is 18.2 Å². The van der Waals surface area contributed by atoms with Crippen LogP contribution in [-0.2, 0) is 0 Å². The van der Waals surface area contributed by atoms with Crippen LogP contribution in [0.2, 0.25) is 0 Å². The van der Waals surface area contributed by atoms with Gasteiger partial charge in [0.2, 0.25) is 0 Å². The Balaban J connectivity index is 1.39. The molecule has 0 aliphatic carbocycles. The summed E-state index contributed by atoms with van der Waals surface area (Å²) < 4.78 is 13.0. The van der Waals surface area contributed by atoms with Crippen LogP contribution in [0.25, 0.3) is 0 Å². The summed E-state index contributed by atoms with van der Waals surface area (Å²) in [5, 5.41) is 2.96. The average Bonchev–Trinajstić information content (AvgIpc) is 2.64. The summed E-state index contributed by atoms with van der Waals surface area (Å²) in [6.45, 7) is 5.20. The number of amides is 1. The van der Waals surface area contributed by atoms with Crippen molar-refractivity contribution >= 4 is 11.6 Å². The van der Waals surface area contributed by atoms with Crippen molar-refractivity contribution in [3.8, 4) is 0 Å². The van der Waals surface area contributed by atoms with Crippen molar-refractivity contribution in [3.05, 3.63) is 66.0 Å². The van der Waals surface area contributed by atoms with E-state index in [2.05, 4.69) is 15.1 Å². The van der Waals surface area contributed by atoms with Crippen molar-refractivity contribution in [2.75, 3.05) is 44.2 Å². The second-order valence-electron chi connectivity index (χ2n) is 5.93. The number of carbonyl (C=O) groups is 1. The van der Waals surface area contributed by atoms with Crippen LogP contribution in [0.4, 0.5) is 10.1 Å². The van der Waals surface area contributed by atoms with E-state index in [1.54, 1.807) is 0 Å². The predicted molar refractivity (Wildman–Crippen MR) is 93.8 cm³/mol. The standard InChI is InChI=1S/C19H22FN3O/c20-17-6-8-18(9-7-17)23-14-12-22(13-15-23)11-10-21-19(24)16-4-2-1-3-5-16/h1-9H,10-15H2,(H,21,24). The van der Waals surface area contributed by atoms with E-state index in [0.29, 0.717) is 12.1 Å². The number of carbonyl (C=O) groups excluding carboxylic acids is 1. The van der Waals surface area contributed by atoms with Gasteiger partial charge in [0.25, 0.3) is 5.91 Å². The van der Waals surface area contributed by atoms with Crippen LogP contribution in [0.5, 0.6) is 0 Å². The number of hydrogen-bond acceptors (Lipinski definition) is 3. The summed E-state index contributed by atoms with van der Waals surface area (Å²) in [7, 11) is 0. The van der Waals surface area contributed by atoms with Crippen molar-refractivity contribution in [2.24, 2.45) is 0 Å². The average molecular weight is 327 g/mol. The fourth-order valence-electron chi connectivity index (χ4n) is 2.90. The first-order chi connectivity index (χ1) is 11.7. The Kier molecular flexibility index (Phi) is 5.43. The van der Waals surface area contributed by atoms with Crippen molar-refractivity contribution in [3.63, 3.8) is 0 Å². The van der Waals surface area contributed by atoms with E-state index in [0.717, 1.165) is 38.4 Å². The van der Waals surface area contributed by atoms with Gasteiger partial charge in [0, 0.05) is 50.5 Å². The summed E-state index contributed by atoms with van der Waals surface area (Å²) in [4.78, 5) is 16.6. The minimum absolute atomic E-state index is 0.0273. The Labute approximate surface area is 141 Å². The van der Waals surface area contributed by atoms with Gasteiger partial charge in [-0.3, -0.25) is 9.69 Å².